The molecule has 0 aliphatic heterocycles. The van der Waals surface area contributed by atoms with Crippen molar-refractivity contribution < 1.29 is 5.11 Å². The van der Waals surface area contributed by atoms with Gasteiger partial charge in [0.25, 0.3) is 0 Å². The predicted octanol–water partition coefficient (Wildman–Crippen LogP) is 2.41. The maximum Gasteiger partial charge on any atom is 0.104 e. The molecule has 0 heterocycles. The highest BCUT2D eigenvalue weighted by Gasteiger charge is 2.50. The number of fused-ring (bicyclic) bond motifs is 1. The number of hydrogen-bond acceptors (Lipinski definition) is 0. The van der Waals surface area contributed by atoms with Crippen molar-refractivity contribution in [2.45, 2.75) is 26.7 Å². The number of allylic oxidation sites excluding steroid dienone is 1. The zero-order chi connectivity index (χ0) is 8.06. The van der Waals surface area contributed by atoms with Gasteiger partial charge in [0.2, 0.25) is 0 Å². The number of rotatable bonds is 1. The zero-order valence-corrected chi connectivity index (χ0v) is 7.26. The maximum atomic E-state index is 10.7. The second kappa shape index (κ2) is 2.10. The summed E-state index contributed by atoms with van der Waals surface area (Å²) >= 11 is 0. The van der Waals surface area contributed by atoms with Gasteiger partial charge < -0.3 is 0 Å². The van der Waals surface area contributed by atoms with Crippen LogP contribution in [0, 0.1) is 17.3 Å². The van der Waals surface area contributed by atoms with Crippen LogP contribution in [0.5, 0.6) is 0 Å². The van der Waals surface area contributed by atoms with Crippen LogP contribution in [0.1, 0.15) is 26.7 Å². The zero-order valence-electron chi connectivity index (χ0n) is 7.26. The molecule has 0 saturated heterocycles. The SMILES string of the molecule is CC1(C)C2CC=C(C[O])C1C2. The highest BCUT2D eigenvalue weighted by Crippen LogP contribution is 2.58. The molecule has 3 rings (SSSR count). The smallest absolute Gasteiger partial charge is 0.104 e. The molecular formula is C10H15O. The van der Waals surface area contributed by atoms with E-state index in [4.69, 9.17) is 0 Å². The van der Waals surface area contributed by atoms with Gasteiger partial charge in [0.05, 0.1) is 0 Å². The molecule has 0 aromatic heterocycles. The number of hydrogen-bond donors (Lipinski definition) is 0. The van der Waals surface area contributed by atoms with E-state index in [0.29, 0.717) is 11.3 Å². The van der Waals surface area contributed by atoms with Crippen molar-refractivity contribution in [3.8, 4) is 0 Å². The Labute approximate surface area is 68.1 Å². The van der Waals surface area contributed by atoms with Gasteiger partial charge in [-0.15, -0.1) is 0 Å². The molecule has 2 atom stereocenters. The summed E-state index contributed by atoms with van der Waals surface area (Å²) in [5, 5.41) is 10.7. The minimum atomic E-state index is 0.0286. The Kier molecular flexibility index (Phi) is 1.40. The molecule has 0 aromatic rings. The highest BCUT2D eigenvalue weighted by molar-refractivity contribution is 5.23. The van der Waals surface area contributed by atoms with Crippen LogP contribution in [-0.2, 0) is 5.11 Å². The van der Waals surface area contributed by atoms with Crippen LogP contribution < -0.4 is 0 Å². The van der Waals surface area contributed by atoms with Gasteiger partial charge in [-0.2, -0.15) is 0 Å². The molecule has 0 amide bonds. The van der Waals surface area contributed by atoms with Gasteiger partial charge in [-0.3, -0.25) is 0 Å². The summed E-state index contributed by atoms with van der Waals surface area (Å²) in [4.78, 5) is 0. The van der Waals surface area contributed by atoms with Crippen molar-refractivity contribution in [3.63, 3.8) is 0 Å². The molecule has 3 aliphatic carbocycles. The van der Waals surface area contributed by atoms with Crippen LogP contribution in [0.4, 0.5) is 0 Å². The Hall–Kier alpha value is -0.300. The van der Waals surface area contributed by atoms with Gasteiger partial charge in [-0.25, -0.2) is 5.11 Å². The lowest BCUT2D eigenvalue weighted by atomic mass is 9.49. The van der Waals surface area contributed by atoms with Crippen LogP contribution in [0.3, 0.4) is 0 Å². The Balaban J connectivity index is 2.23. The van der Waals surface area contributed by atoms with Crippen molar-refractivity contribution in [2.24, 2.45) is 17.3 Å². The third kappa shape index (κ3) is 0.807. The Morgan fingerprint density at radius 3 is 2.73 bits per heavy atom. The quantitative estimate of drug-likeness (QED) is 0.513. The van der Waals surface area contributed by atoms with E-state index in [-0.39, 0.29) is 6.61 Å². The third-order valence-corrected chi connectivity index (χ3v) is 3.75. The molecule has 2 bridgehead atoms. The molecule has 2 unspecified atom stereocenters. The van der Waals surface area contributed by atoms with E-state index < -0.39 is 0 Å². The first-order valence-electron chi connectivity index (χ1n) is 4.43. The fourth-order valence-electron chi connectivity index (χ4n) is 2.64. The van der Waals surface area contributed by atoms with Gasteiger partial charge in [0, 0.05) is 0 Å². The molecule has 1 radical (unpaired) electrons. The summed E-state index contributed by atoms with van der Waals surface area (Å²) in [5.74, 6) is 1.49. The molecule has 0 aromatic carbocycles. The molecule has 3 aliphatic rings. The summed E-state index contributed by atoms with van der Waals surface area (Å²) in [6.45, 7) is 4.63. The first-order chi connectivity index (χ1) is 5.16. The van der Waals surface area contributed by atoms with Gasteiger partial charge in [-0.05, 0) is 35.7 Å². The monoisotopic (exact) mass is 151 g/mol. The Morgan fingerprint density at radius 1 is 1.64 bits per heavy atom. The first-order valence-corrected chi connectivity index (χ1v) is 4.43. The van der Waals surface area contributed by atoms with Crippen LogP contribution in [-0.4, -0.2) is 6.61 Å². The average molecular weight is 151 g/mol. The standard InChI is InChI=1S/C10H15O/c1-10(2)8-4-3-7(6-11)9(10)5-8/h3,8-9H,4-6H2,1-2H3. The van der Waals surface area contributed by atoms with E-state index in [0.717, 1.165) is 12.3 Å². The molecule has 61 valence electrons. The van der Waals surface area contributed by atoms with Crippen molar-refractivity contribution in [2.75, 3.05) is 6.61 Å². The van der Waals surface area contributed by atoms with E-state index in [1.54, 1.807) is 0 Å². The topological polar surface area (TPSA) is 19.9 Å². The van der Waals surface area contributed by atoms with Crippen LogP contribution in [0.15, 0.2) is 11.6 Å². The lowest BCUT2D eigenvalue weighted by molar-refractivity contribution is -0.0159. The van der Waals surface area contributed by atoms with Gasteiger partial charge in [0.1, 0.15) is 6.61 Å². The summed E-state index contributed by atoms with van der Waals surface area (Å²) in [7, 11) is 0. The van der Waals surface area contributed by atoms with Gasteiger partial charge in [0.15, 0.2) is 0 Å². The van der Waals surface area contributed by atoms with Crippen LogP contribution >= 0.6 is 0 Å². The molecule has 1 nitrogen and oxygen atoms in total. The first kappa shape index (κ1) is 7.35. The lowest BCUT2D eigenvalue weighted by Crippen LogP contribution is -2.48. The van der Waals surface area contributed by atoms with Crippen LogP contribution in [0.25, 0.3) is 0 Å². The Bertz CT molecular complexity index is 203. The molecule has 11 heavy (non-hydrogen) atoms. The molecular weight excluding hydrogens is 136 g/mol. The van der Waals surface area contributed by atoms with E-state index in [9.17, 15) is 5.11 Å². The largest absolute Gasteiger partial charge is 0.232 e. The molecule has 1 saturated carbocycles. The fraction of sp³-hybridized carbons (Fsp3) is 0.800. The normalized spacial score (nSPS) is 39.4. The molecule has 1 heteroatoms. The summed E-state index contributed by atoms with van der Waals surface area (Å²) < 4.78 is 0. The average Bonchev–Trinajstić information content (AvgIpc) is 2.04. The van der Waals surface area contributed by atoms with Crippen molar-refractivity contribution in [1.82, 2.24) is 0 Å². The summed E-state index contributed by atoms with van der Waals surface area (Å²) in [6, 6.07) is 0. The molecule has 0 spiro atoms. The Morgan fingerprint density at radius 2 is 2.36 bits per heavy atom. The maximum absolute atomic E-state index is 10.7. The second-order valence-corrected chi connectivity index (χ2v) is 4.47. The fourth-order valence-corrected chi connectivity index (χ4v) is 2.64. The van der Waals surface area contributed by atoms with Gasteiger partial charge >= 0.3 is 0 Å². The van der Waals surface area contributed by atoms with E-state index >= 15 is 0 Å². The molecule has 1 fully saturated rings. The van der Waals surface area contributed by atoms with Crippen molar-refractivity contribution in [3.05, 3.63) is 11.6 Å². The van der Waals surface area contributed by atoms with Crippen LogP contribution in [0.2, 0.25) is 0 Å². The van der Waals surface area contributed by atoms with Gasteiger partial charge in [-0.1, -0.05) is 19.9 Å². The summed E-state index contributed by atoms with van der Waals surface area (Å²) in [5.41, 5.74) is 1.62. The lowest BCUT2D eigenvalue weighted by Gasteiger charge is -2.56. The molecule has 0 N–H and O–H groups in total. The predicted molar refractivity (Wildman–Crippen MR) is 43.6 cm³/mol. The van der Waals surface area contributed by atoms with E-state index in [1.165, 1.54) is 12.0 Å². The van der Waals surface area contributed by atoms with Crippen molar-refractivity contribution >= 4 is 0 Å². The van der Waals surface area contributed by atoms with E-state index in [1.807, 2.05) is 0 Å². The van der Waals surface area contributed by atoms with E-state index in [2.05, 4.69) is 19.9 Å². The minimum absolute atomic E-state index is 0.0286. The van der Waals surface area contributed by atoms with Crippen molar-refractivity contribution in [1.29, 1.82) is 0 Å². The highest BCUT2D eigenvalue weighted by atomic mass is 16.3. The minimum Gasteiger partial charge on any atom is -0.232 e. The second-order valence-electron chi connectivity index (χ2n) is 4.47. The third-order valence-electron chi connectivity index (χ3n) is 3.75. The summed E-state index contributed by atoms with van der Waals surface area (Å²) in [6.07, 6.45) is 4.61.